The molecule has 0 spiro atoms. The van der Waals surface area contributed by atoms with Gasteiger partial charge in [0.2, 0.25) is 0 Å². The molecule has 1 aliphatic heterocycles. The fourth-order valence-electron chi connectivity index (χ4n) is 3.14. The number of nitrogens with one attached hydrogen (secondary N) is 1. The number of aromatic nitrogens is 3. The number of hydrogen-bond acceptors (Lipinski definition) is 5. The van der Waals surface area contributed by atoms with Crippen LogP contribution in [0, 0.1) is 5.41 Å². The van der Waals surface area contributed by atoms with Crippen LogP contribution in [0.1, 0.15) is 31.1 Å². The van der Waals surface area contributed by atoms with Crippen LogP contribution in [0.2, 0.25) is 0 Å². The first-order chi connectivity index (χ1) is 12.3. The van der Waals surface area contributed by atoms with Gasteiger partial charge in [0.25, 0.3) is 0 Å². The third kappa shape index (κ3) is 2.86. The molecule has 6 heteroatoms. The molecule has 26 heavy (non-hydrogen) atoms. The molecule has 0 aliphatic carbocycles. The van der Waals surface area contributed by atoms with Gasteiger partial charge in [-0.05, 0) is 12.1 Å². The number of aliphatic hydroxyl groups is 1. The van der Waals surface area contributed by atoms with E-state index in [2.05, 4.69) is 14.9 Å². The van der Waals surface area contributed by atoms with E-state index in [9.17, 15) is 9.90 Å². The lowest BCUT2D eigenvalue weighted by atomic mass is 9.87. The Bertz CT molecular complexity index is 981. The molecule has 134 valence electrons. The fourth-order valence-corrected chi connectivity index (χ4v) is 3.14. The number of carbonyl (C=O) groups excluding carboxylic acids is 1. The van der Waals surface area contributed by atoms with E-state index in [1.54, 1.807) is 12.4 Å². The van der Waals surface area contributed by atoms with Gasteiger partial charge in [-0.3, -0.25) is 4.79 Å². The zero-order valence-electron chi connectivity index (χ0n) is 15.2. The standard InChI is InChI=1S/C20H22N4O2/c1-20(2,3)18(26)15-8-21-19-17(15)23-16(9-22-19)12-5-4-6-13(7-12)24-10-14(25)11-24/h4-9,14,25H,10-11H2,1-3H3,(H,21,22). The van der Waals surface area contributed by atoms with Crippen LogP contribution in [-0.4, -0.2) is 45.0 Å². The van der Waals surface area contributed by atoms with E-state index in [-0.39, 0.29) is 11.9 Å². The van der Waals surface area contributed by atoms with Crippen molar-refractivity contribution in [2.24, 2.45) is 5.41 Å². The molecular weight excluding hydrogens is 328 g/mol. The van der Waals surface area contributed by atoms with Gasteiger partial charge in [0.15, 0.2) is 11.4 Å². The van der Waals surface area contributed by atoms with Gasteiger partial charge in [0.1, 0.15) is 5.52 Å². The van der Waals surface area contributed by atoms with E-state index in [1.807, 2.05) is 45.0 Å². The molecule has 1 aliphatic rings. The third-order valence-corrected chi connectivity index (χ3v) is 4.68. The number of ketones is 1. The highest BCUT2D eigenvalue weighted by molar-refractivity contribution is 6.08. The van der Waals surface area contributed by atoms with Crippen LogP contribution in [0.15, 0.2) is 36.7 Å². The van der Waals surface area contributed by atoms with Crippen LogP contribution in [0.4, 0.5) is 5.69 Å². The summed E-state index contributed by atoms with van der Waals surface area (Å²) >= 11 is 0. The summed E-state index contributed by atoms with van der Waals surface area (Å²) in [4.78, 5) is 27.0. The second kappa shape index (κ2) is 5.92. The fraction of sp³-hybridized carbons (Fsp3) is 0.350. The van der Waals surface area contributed by atoms with Gasteiger partial charge in [-0.25, -0.2) is 9.97 Å². The molecule has 0 amide bonds. The lowest BCUT2D eigenvalue weighted by Gasteiger charge is -2.38. The molecular formula is C20H22N4O2. The second-order valence-electron chi connectivity index (χ2n) is 7.84. The third-order valence-electron chi connectivity index (χ3n) is 4.68. The highest BCUT2D eigenvalue weighted by Gasteiger charge is 2.27. The largest absolute Gasteiger partial charge is 0.389 e. The first-order valence-electron chi connectivity index (χ1n) is 8.75. The molecule has 3 heterocycles. The van der Waals surface area contributed by atoms with Gasteiger partial charge >= 0.3 is 0 Å². The van der Waals surface area contributed by atoms with Crippen molar-refractivity contribution in [3.63, 3.8) is 0 Å². The molecule has 0 unspecified atom stereocenters. The Morgan fingerprint density at radius 1 is 1.31 bits per heavy atom. The number of nitrogens with zero attached hydrogens (tertiary/aromatic N) is 3. The van der Waals surface area contributed by atoms with Crippen molar-refractivity contribution in [3.8, 4) is 11.3 Å². The SMILES string of the molecule is CC(C)(C)C(=O)c1c[nH]c2ncc(-c3cccc(N4CC(O)C4)c3)nc12. The number of anilines is 1. The molecule has 3 aromatic rings. The number of rotatable bonds is 3. The van der Waals surface area contributed by atoms with E-state index in [0.29, 0.717) is 29.8 Å². The minimum absolute atomic E-state index is 0.0403. The quantitative estimate of drug-likeness (QED) is 0.710. The minimum atomic E-state index is -0.481. The monoisotopic (exact) mass is 350 g/mol. The molecule has 1 aromatic carbocycles. The molecule has 0 bridgehead atoms. The number of hydrogen-bond donors (Lipinski definition) is 2. The molecule has 1 saturated heterocycles. The molecule has 6 nitrogen and oxygen atoms in total. The highest BCUT2D eigenvalue weighted by Crippen LogP contribution is 2.29. The Hall–Kier alpha value is -2.73. The summed E-state index contributed by atoms with van der Waals surface area (Å²) in [6, 6.07) is 8.01. The zero-order chi connectivity index (χ0) is 18.5. The number of fused-ring (bicyclic) bond motifs is 1. The summed E-state index contributed by atoms with van der Waals surface area (Å²) in [5, 5.41) is 9.51. The lowest BCUT2D eigenvalue weighted by molar-refractivity contribution is 0.0860. The Morgan fingerprint density at radius 3 is 2.77 bits per heavy atom. The Labute approximate surface area is 151 Å². The minimum Gasteiger partial charge on any atom is -0.389 e. The lowest BCUT2D eigenvalue weighted by Crippen LogP contribution is -2.50. The van der Waals surface area contributed by atoms with Crippen molar-refractivity contribution in [3.05, 3.63) is 42.2 Å². The van der Waals surface area contributed by atoms with Crippen molar-refractivity contribution in [2.75, 3.05) is 18.0 Å². The number of H-pyrrole nitrogens is 1. The first-order valence-corrected chi connectivity index (χ1v) is 8.75. The summed E-state index contributed by atoms with van der Waals surface area (Å²) in [7, 11) is 0. The summed E-state index contributed by atoms with van der Waals surface area (Å²) in [5.41, 5.74) is 4.02. The van der Waals surface area contributed by atoms with E-state index in [1.165, 1.54) is 0 Å². The number of Topliss-reactive ketones (excluding diaryl/α,β-unsaturated/α-hetero) is 1. The van der Waals surface area contributed by atoms with Crippen molar-refractivity contribution in [1.82, 2.24) is 15.0 Å². The van der Waals surface area contributed by atoms with Crippen LogP contribution in [0.5, 0.6) is 0 Å². The predicted molar refractivity (Wildman–Crippen MR) is 101 cm³/mol. The number of aromatic amines is 1. The van der Waals surface area contributed by atoms with Crippen molar-refractivity contribution in [2.45, 2.75) is 26.9 Å². The molecule has 1 fully saturated rings. The molecule has 0 saturated carbocycles. The van der Waals surface area contributed by atoms with Crippen molar-refractivity contribution >= 4 is 22.6 Å². The van der Waals surface area contributed by atoms with Crippen LogP contribution >= 0.6 is 0 Å². The van der Waals surface area contributed by atoms with Gasteiger partial charge in [-0.15, -0.1) is 0 Å². The molecule has 4 rings (SSSR count). The van der Waals surface area contributed by atoms with Gasteiger partial charge in [0, 0.05) is 36.0 Å². The summed E-state index contributed by atoms with van der Waals surface area (Å²) < 4.78 is 0. The number of β-amino-alcohol motifs (C(OH)–C–C–N with tert-alkyl or cyclic N) is 1. The Kier molecular flexibility index (Phi) is 3.80. The van der Waals surface area contributed by atoms with Gasteiger partial charge in [-0.1, -0.05) is 32.9 Å². The van der Waals surface area contributed by atoms with E-state index in [4.69, 9.17) is 4.98 Å². The summed E-state index contributed by atoms with van der Waals surface area (Å²) in [6.45, 7) is 7.00. The number of aliphatic hydroxyl groups excluding tert-OH is 1. The highest BCUT2D eigenvalue weighted by atomic mass is 16.3. The van der Waals surface area contributed by atoms with E-state index in [0.717, 1.165) is 16.9 Å². The molecule has 2 aromatic heterocycles. The van der Waals surface area contributed by atoms with Gasteiger partial charge in [0.05, 0.1) is 23.6 Å². The summed E-state index contributed by atoms with van der Waals surface area (Å²) in [5.74, 6) is 0.0403. The topological polar surface area (TPSA) is 82.1 Å². The average Bonchev–Trinajstić information content (AvgIpc) is 3.00. The normalized spacial score (nSPS) is 15.3. The number of carbonyl (C=O) groups is 1. The molecule has 0 radical (unpaired) electrons. The first kappa shape index (κ1) is 16.7. The smallest absolute Gasteiger partial charge is 0.171 e. The van der Waals surface area contributed by atoms with Crippen LogP contribution < -0.4 is 4.90 Å². The number of benzene rings is 1. The predicted octanol–water partition coefficient (Wildman–Crippen LogP) is 3.03. The van der Waals surface area contributed by atoms with Gasteiger partial charge in [-0.2, -0.15) is 0 Å². The zero-order valence-corrected chi connectivity index (χ0v) is 15.2. The van der Waals surface area contributed by atoms with Crippen LogP contribution in [0.3, 0.4) is 0 Å². The van der Waals surface area contributed by atoms with E-state index >= 15 is 0 Å². The average molecular weight is 350 g/mol. The maximum absolute atomic E-state index is 12.7. The second-order valence-corrected chi connectivity index (χ2v) is 7.84. The van der Waals surface area contributed by atoms with Gasteiger partial charge < -0.3 is 15.0 Å². The Balaban J connectivity index is 1.74. The summed E-state index contributed by atoms with van der Waals surface area (Å²) in [6.07, 6.45) is 3.16. The van der Waals surface area contributed by atoms with Crippen molar-refractivity contribution in [1.29, 1.82) is 0 Å². The molecule has 2 N–H and O–H groups in total. The Morgan fingerprint density at radius 2 is 2.08 bits per heavy atom. The maximum Gasteiger partial charge on any atom is 0.171 e. The van der Waals surface area contributed by atoms with Crippen LogP contribution in [-0.2, 0) is 0 Å². The van der Waals surface area contributed by atoms with E-state index < -0.39 is 5.41 Å². The van der Waals surface area contributed by atoms with Crippen LogP contribution in [0.25, 0.3) is 22.4 Å². The molecule has 0 atom stereocenters. The maximum atomic E-state index is 12.7. The van der Waals surface area contributed by atoms with Crippen molar-refractivity contribution < 1.29 is 9.90 Å².